The number of esters is 1. The van der Waals surface area contributed by atoms with E-state index in [2.05, 4.69) is 14.9 Å². The van der Waals surface area contributed by atoms with Gasteiger partial charge in [0.15, 0.2) is 0 Å². The summed E-state index contributed by atoms with van der Waals surface area (Å²) in [5.41, 5.74) is 5.79. The van der Waals surface area contributed by atoms with Crippen LogP contribution in [0.3, 0.4) is 0 Å². The molecule has 2 aromatic heterocycles. The van der Waals surface area contributed by atoms with Gasteiger partial charge in [-0.1, -0.05) is 18.2 Å². The largest absolute Gasteiger partial charge is 0.465 e. The number of fused-ring (bicyclic) bond motifs is 1. The third-order valence-corrected chi connectivity index (χ3v) is 4.93. The Kier molecular flexibility index (Phi) is 5.12. The zero-order chi connectivity index (χ0) is 19.5. The monoisotopic (exact) mass is 374 g/mol. The Labute approximate surface area is 164 Å². The first-order valence-corrected chi connectivity index (χ1v) is 9.31. The highest BCUT2D eigenvalue weighted by Gasteiger charge is 2.18. The van der Waals surface area contributed by atoms with E-state index in [1.807, 2.05) is 43.5 Å². The maximum atomic E-state index is 11.6. The molecule has 1 aliphatic heterocycles. The highest BCUT2D eigenvalue weighted by Crippen LogP contribution is 2.21. The molecule has 3 aromatic rings. The number of hydrogen-bond donors (Lipinski definition) is 0. The molecule has 0 fully saturated rings. The molecule has 0 N–H and O–H groups in total. The fourth-order valence-corrected chi connectivity index (χ4v) is 3.46. The number of ether oxygens (including phenoxy) is 1. The van der Waals surface area contributed by atoms with Gasteiger partial charge in [0.1, 0.15) is 5.82 Å². The van der Waals surface area contributed by atoms with Gasteiger partial charge in [-0.15, -0.1) is 0 Å². The molecule has 0 bridgehead atoms. The molecule has 6 nitrogen and oxygen atoms in total. The Morgan fingerprint density at radius 3 is 2.75 bits per heavy atom. The molecule has 3 heterocycles. The normalized spacial score (nSPS) is 13.8. The average molecular weight is 374 g/mol. The Hall–Kier alpha value is -3.12. The summed E-state index contributed by atoms with van der Waals surface area (Å²) in [5, 5.41) is 0. The number of aromatic nitrogens is 3. The van der Waals surface area contributed by atoms with Crippen LogP contribution < -0.4 is 0 Å². The van der Waals surface area contributed by atoms with Crippen LogP contribution in [0.5, 0.6) is 0 Å². The van der Waals surface area contributed by atoms with E-state index < -0.39 is 0 Å². The zero-order valence-electron chi connectivity index (χ0n) is 16.1. The molecular weight excluding hydrogens is 352 g/mol. The van der Waals surface area contributed by atoms with Gasteiger partial charge in [0.05, 0.1) is 24.1 Å². The van der Waals surface area contributed by atoms with Crippen LogP contribution in [0.15, 0.2) is 48.7 Å². The second-order valence-corrected chi connectivity index (χ2v) is 6.93. The molecule has 142 valence electrons. The summed E-state index contributed by atoms with van der Waals surface area (Å²) in [7, 11) is 1.38. The Bertz CT molecular complexity index is 1000. The van der Waals surface area contributed by atoms with Crippen molar-refractivity contribution in [3.05, 3.63) is 77.0 Å². The van der Waals surface area contributed by atoms with Crippen molar-refractivity contribution in [3.63, 3.8) is 0 Å². The van der Waals surface area contributed by atoms with Crippen LogP contribution in [-0.4, -0.2) is 39.5 Å². The van der Waals surface area contributed by atoms with E-state index in [1.54, 1.807) is 12.1 Å². The molecule has 0 atom stereocenters. The summed E-state index contributed by atoms with van der Waals surface area (Å²) in [6.45, 7) is 4.51. The summed E-state index contributed by atoms with van der Waals surface area (Å²) in [6.07, 6.45) is 2.88. The van der Waals surface area contributed by atoms with Crippen molar-refractivity contribution in [2.24, 2.45) is 0 Å². The summed E-state index contributed by atoms with van der Waals surface area (Å²) in [6, 6.07) is 13.4. The minimum absolute atomic E-state index is 0.335. The second kappa shape index (κ2) is 7.86. The van der Waals surface area contributed by atoms with Crippen LogP contribution in [0.1, 0.15) is 33.1 Å². The molecule has 6 heteroatoms. The molecule has 0 aliphatic carbocycles. The molecule has 4 rings (SSSR count). The minimum atomic E-state index is -0.335. The van der Waals surface area contributed by atoms with Gasteiger partial charge in [0, 0.05) is 49.1 Å². The van der Waals surface area contributed by atoms with E-state index >= 15 is 0 Å². The molecule has 1 aromatic carbocycles. The standard InChI is InChI=1S/C22H22N4O2/c1-15-23-12-18-13-26(11-10-21(18)24-15)14-19-4-3-5-20(25-19)16-6-8-17(9-7-16)22(27)28-2/h3-9,12H,10-11,13-14H2,1-2H3. The van der Waals surface area contributed by atoms with E-state index in [9.17, 15) is 4.79 Å². The fourth-order valence-electron chi connectivity index (χ4n) is 3.46. The lowest BCUT2D eigenvalue weighted by molar-refractivity contribution is 0.0601. The summed E-state index contributed by atoms with van der Waals surface area (Å²) < 4.78 is 4.75. The molecule has 0 radical (unpaired) electrons. The smallest absolute Gasteiger partial charge is 0.337 e. The van der Waals surface area contributed by atoms with Crippen LogP contribution in [0.2, 0.25) is 0 Å². The van der Waals surface area contributed by atoms with Crippen molar-refractivity contribution in [1.82, 2.24) is 19.9 Å². The van der Waals surface area contributed by atoms with Gasteiger partial charge in [-0.3, -0.25) is 9.88 Å². The molecule has 28 heavy (non-hydrogen) atoms. The fraction of sp³-hybridized carbons (Fsp3) is 0.273. The second-order valence-electron chi connectivity index (χ2n) is 6.93. The number of nitrogens with zero attached hydrogens (tertiary/aromatic N) is 4. The van der Waals surface area contributed by atoms with E-state index in [1.165, 1.54) is 12.7 Å². The van der Waals surface area contributed by atoms with Crippen molar-refractivity contribution in [2.45, 2.75) is 26.4 Å². The topological polar surface area (TPSA) is 68.2 Å². The lowest BCUT2D eigenvalue weighted by Gasteiger charge is -2.27. The minimum Gasteiger partial charge on any atom is -0.465 e. The number of rotatable bonds is 4. The number of carbonyl (C=O) groups is 1. The van der Waals surface area contributed by atoms with Crippen molar-refractivity contribution in [3.8, 4) is 11.3 Å². The summed E-state index contributed by atoms with van der Waals surface area (Å²) in [4.78, 5) is 27.6. The predicted molar refractivity (Wildman–Crippen MR) is 106 cm³/mol. The van der Waals surface area contributed by atoms with Gasteiger partial charge in [-0.2, -0.15) is 0 Å². The Morgan fingerprint density at radius 1 is 1.14 bits per heavy atom. The molecule has 0 amide bonds. The summed E-state index contributed by atoms with van der Waals surface area (Å²) in [5.74, 6) is 0.498. The zero-order valence-corrected chi connectivity index (χ0v) is 16.1. The third kappa shape index (κ3) is 3.92. The maximum Gasteiger partial charge on any atom is 0.337 e. The van der Waals surface area contributed by atoms with Crippen LogP contribution in [0.25, 0.3) is 11.3 Å². The molecule has 0 spiro atoms. The van der Waals surface area contributed by atoms with E-state index in [0.717, 1.165) is 54.5 Å². The quantitative estimate of drug-likeness (QED) is 0.654. The van der Waals surface area contributed by atoms with Gasteiger partial charge in [-0.05, 0) is 31.2 Å². The Balaban J connectivity index is 1.48. The van der Waals surface area contributed by atoms with Crippen molar-refractivity contribution in [2.75, 3.05) is 13.7 Å². The van der Waals surface area contributed by atoms with Crippen LogP contribution in [0.4, 0.5) is 0 Å². The highest BCUT2D eigenvalue weighted by molar-refractivity contribution is 5.89. The van der Waals surface area contributed by atoms with Crippen molar-refractivity contribution >= 4 is 5.97 Å². The Morgan fingerprint density at radius 2 is 1.96 bits per heavy atom. The molecule has 1 aliphatic rings. The first-order chi connectivity index (χ1) is 13.6. The number of pyridine rings is 1. The highest BCUT2D eigenvalue weighted by atomic mass is 16.5. The van der Waals surface area contributed by atoms with Crippen molar-refractivity contribution in [1.29, 1.82) is 0 Å². The average Bonchev–Trinajstić information content (AvgIpc) is 2.73. The molecule has 0 saturated heterocycles. The van der Waals surface area contributed by atoms with Crippen LogP contribution in [-0.2, 0) is 24.2 Å². The summed E-state index contributed by atoms with van der Waals surface area (Å²) >= 11 is 0. The van der Waals surface area contributed by atoms with Gasteiger partial charge in [0.2, 0.25) is 0 Å². The number of hydrogen-bond acceptors (Lipinski definition) is 6. The SMILES string of the molecule is COC(=O)c1ccc(-c2cccc(CN3CCc4nc(C)ncc4C3)n2)cc1. The first kappa shape index (κ1) is 18.3. The predicted octanol–water partition coefficient (Wildman–Crippen LogP) is 3.19. The van der Waals surface area contributed by atoms with E-state index in [-0.39, 0.29) is 5.97 Å². The number of methoxy groups -OCH3 is 1. The lowest BCUT2D eigenvalue weighted by atomic mass is 10.1. The van der Waals surface area contributed by atoms with Gasteiger partial charge in [-0.25, -0.2) is 14.8 Å². The third-order valence-electron chi connectivity index (χ3n) is 4.93. The molecule has 0 unspecified atom stereocenters. The van der Waals surface area contributed by atoms with E-state index in [0.29, 0.717) is 5.56 Å². The van der Waals surface area contributed by atoms with Gasteiger partial charge < -0.3 is 4.74 Å². The molecular formula is C22H22N4O2. The van der Waals surface area contributed by atoms with Gasteiger partial charge >= 0.3 is 5.97 Å². The number of benzene rings is 1. The van der Waals surface area contributed by atoms with Crippen LogP contribution >= 0.6 is 0 Å². The number of aryl methyl sites for hydroxylation is 1. The number of carbonyl (C=O) groups excluding carboxylic acids is 1. The maximum absolute atomic E-state index is 11.6. The van der Waals surface area contributed by atoms with Crippen molar-refractivity contribution < 1.29 is 9.53 Å². The van der Waals surface area contributed by atoms with E-state index in [4.69, 9.17) is 9.72 Å². The lowest BCUT2D eigenvalue weighted by Crippen LogP contribution is -2.31. The van der Waals surface area contributed by atoms with Crippen LogP contribution in [0, 0.1) is 6.92 Å². The van der Waals surface area contributed by atoms with Gasteiger partial charge in [0.25, 0.3) is 0 Å². The molecule has 0 saturated carbocycles. The first-order valence-electron chi connectivity index (χ1n) is 9.31.